The van der Waals surface area contributed by atoms with Crippen LogP contribution in [0.4, 0.5) is 11.5 Å². The Hall–Kier alpha value is -2.76. The van der Waals surface area contributed by atoms with E-state index in [0.29, 0.717) is 18.8 Å². The lowest BCUT2D eigenvalue weighted by Gasteiger charge is -2.19. The normalized spacial score (nSPS) is 20.3. The SMILES string of the molecule is COc1ccc(C2CC(=O)N(c3ccc(N)nc3)C2)cc1OC1CCCC1. The summed E-state index contributed by atoms with van der Waals surface area (Å²) in [6, 6.07) is 9.57. The van der Waals surface area contributed by atoms with E-state index in [4.69, 9.17) is 15.2 Å². The summed E-state index contributed by atoms with van der Waals surface area (Å²) in [5.41, 5.74) is 7.53. The Morgan fingerprint density at radius 2 is 1.96 bits per heavy atom. The number of rotatable bonds is 5. The minimum atomic E-state index is 0.0978. The Balaban J connectivity index is 1.54. The monoisotopic (exact) mass is 367 g/mol. The van der Waals surface area contributed by atoms with Gasteiger partial charge in [-0.1, -0.05) is 6.07 Å². The molecule has 1 aliphatic heterocycles. The third kappa shape index (κ3) is 3.70. The molecule has 142 valence electrons. The lowest BCUT2D eigenvalue weighted by molar-refractivity contribution is -0.117. The summed E-state index contributed by atoms with van der Waals surface area (Å²) in [6.45, 7) is 0.625. The maximum absolute atomic E-state index is 12.5. The average molecular weight is 367 g/mol. The van der Waals surface area contributed by atoms with Crippen LogP contribution in [0.3, 0.4) is 0 Å². The molecule has 1 unspecified atom stereocenters. The van der Waals surface area contributed by atoms with Crippen molar-refractivity contribution in [2.45, 2.75) is 44.1 Å². The van der Waals surface area contributed by atoms with Crippen molar-refractivity contribution in [2.24, 2.45) is 0 Å². The molecule has 2 N–H and O–H groups in total. The van der Waals surface area contributed by atoms with Crippen LogP contribution < -0.4 is 20.1 Å². The number of nitrogens with zero attached hydrogens (tertiary/aromatic N) is 2. The van der Waals surface area contributed by atoms with Crippen molar-refractivity contribution in [1.29, 1.82) is 0 Å². The fourth-order valence-electron chi connectivity index (χ4n) is 3.96. The van der Waals surface area contributed by atoms with Crippen molar-refractivity contribution in [3.63, 3.8) is 0 Å². The summed E-state index contributed by atoms with van der Waals surface area (Å²) in [5, 5.41) is 0. The Labute approximate surface area is 159 Å². The molecule has 1 amide bonds. The zero-order chi connectivity index (χ0) is 18.8. The second kappa shape index (κ2) is 7.47. The molecule has 6 nitrogen and oxygen atoms in total. The molecule has 2 aromatic rings. The highest BCUT2D eigenvalue weighted by Gasteiger charge is 2.32. The molecule has 0 bridgehead atoms. The van der Waals surface area contributed by atoms with Crippen molar-refractivity contribution >= 4 is 17.4 Å². The first-order valence-electron chi connectivity index (χ1n) is 9.50. The summed E-state index contributed by atoms with van der Waals surface area (Å²) in [7, 11) is 1.66. The minimum Gasteiger partial charge on any atom is -0.493 e. The topological polar surface area (TPSA) is 77.7 Å². The third-order valence-corrected chi connectivity index (χ3v) is 5.46. The van der Waals surface area contributed by atoms with Gasteiger partial charge in [0.05, 0.1) is 25.1 Å². The summed E-state index contributed by atoms with van der Waals surface area (Å²) < 4.78 is 11.7. The highest BCUT2D eigenvalue weighted by Crippen LogP contribution is 2.38. The molecular weight excluding hydrogens is 342 g/mol. The van der Waals surface area contributed by atoms with Gasteiger partial charge in [-0.05, 0) is 55.5 Å². The molecule has 2 aliphatic rings. The standard InChI is InChI=1S/C21H25N3O3/c1-26-18-8-6-14(10-19(18)27-17-4-2-3-5-17)15-11-21(25)24(13-15)16-7-9-20(22)23-12-16/h6-10,12,15,17H,2-5,11,13H2,1H3,(H2,22,23). The minimum absolute atomic E-state index is 0.0978. The van der Waals surface area contributed by atoms with Crippen molar-refractivity contribution in [2.75, 3.05) is 24.3 Å². The molecule has 1 aromatic heterocycles. The van der Waals surface area contributed by atoms with E-state index in [9.17, 15) is 4.79 Å². The van der Waals surface area contributed by atoms with Crippen molar-refractivity contribution in [3.05, 3.63) is 42.1 Å². The molecule has 0 spiro atoms. The van der Waals surface area contributed by atoms with E-state index in [-0.39, 0.29) is 17.9 Å². The first-order chi connectivity index (χ1) is 13.1. The quantitative estimate of drug-likeness (QED) is 0.875. The van der Waals surface area contributed by atoms with E-state index in [1.165, 1.54) is 12.8 Å². The summed E-state index contributed by atoms with van der Waals surface area (Å²) >= 11 is 0. The van der Waals surface area contributed by atoms with Gasteiger partial charge in [-0.15, -0.1) is 0 Å². The molecule has 1 aliphatic carbocycles. The Bertz CT molecular complexity index is 816. The lowest BCUT2D eigenvalue weighted by atomic mass is 9.98. The third-order valence-electron chi connectivity index (χ3n) is 5.46. The van der Waals surface area contributed by atoms with Crippen LogP contribution in [-0.2, 0) is 4.79 Å². The summed E-state index contributed by atoms with van der Waals surface area (Å²) in [5.74, 6) is 2.19. The van der Waals surface area contributed by atoms with Crippen LogP contribution in [0.15, 0.2) is 36.5 Å². The van der Waals surface area contributed by atoms with Gasteiger partial charge in [-0.3, -0.25) is 4.79 Å². The van der Waals surface area contributed by atoms with Crippen LogP contribution in [0.2, 0.25) is 0 Å². The van der Waals surface area contributed by atoms with Crippen LogP contribution in [-0.4, -0.2) is 30.6 Å². The number of nitrogen functional groups attached to an aromatic ring is 1. The molecule has 1 atom stereocenters. The number of carbonyl (C=O) groups is 1. The smallest absolute Gasteiger partial charge is 0.227 e. The fraction of sp³-hybridized carbons (Fsp3) is 0.429. The number of pyridine rings is 1. The van der Waals surface area contributed by atoms with Gasteiger partial charge in [-0.2, -0.15) is 0 Å². The number of anilines is 2. The van der Waals surface area contributed by atoms with E-state index in [0.717, 1.165) is 35.6 Å². The van der Waals surface area contributed by atoms with Gasteiger partial charge in [0.25, 0.3) is 0 Å². The lowest BCUT2D eigenvalue weighted by Crippen LogP contribution is -2.24. The number of aromatic nitrogens is 1. The number of hydrogen-bond donors (Lipinski definition) is 1. The van der Waals surface area contributed by atoms with Crippen molar-refractivity contribution in [3.8, 4) is 11.5 Å². The summed E-state index contributed by atoms with van der Waals surface area (Å²) in [4.78, 5) is 18.4. The van der Waals surface area contributed by atoms with Crippen LogP contribution in [0.1, 0.15) is 43.6 Å². The number of hydrogen-bond acceptors (Lipinski definition) is 5. The number of benzene rings is 1. The van der Waals surface area contributed by atoms with Gasteiger partial charge in [-0.25, -0.2) is 4.98 Å². The van der Waals surface area contributed by atoms with E-state index in [2.05, 4.69) is 4.98 Å². The van der Waals surface area contributed by atoms with Gasteiger partial charge < -0.3 is 20.1 Å². The second-order valence-electron chi connectivity index (χ2n) is 7.28. The first-order valence-corrected chi connectivity index (χ1v) is 9.50. The Kier molecular flexibility index (Phi) is 4.88. The predicted octanol–water partition coefficient (Wildman–Crippen LogP) is 3.51. The number of ether oxygens (including phenoxy) is 2. The molecule has 0 radical (unpaired) electrons. The maximum atomic E-state index is 12.5. The molecule has 27 heavy (non-hydrogen) atoms. The van der Waals surface area contributed by atoms with Gasteiger partial charge in [0.15, 0.2) is 11.5 Å². The fourth-order valence-corrected chi connectivity index (χ4v) is 3.96. The highest BCUT2D eigenvalue weighted by atomic mass is 16.5. The first kappa shape index (κ1) is 17.6. The molecule has 6 heteroatoms. The molecule has 2 heterocycles. The number of carbonyl (C=O) groups excluding carboxylic acids is 1. The molecular formula is C21H25N3O3. The average Bonchev–Trinajstić information content (AvgIpc) is 3.32. The molecule has 1 aromatic carbocycles. The van der Waals surface area contributed by atoms with Gasteiger partial charge in [0.1, 0.15) is 5.82 Å². The molecule has 4 rings (SSSR count). The zero-order valence-electron chi connectivity index (χ0n) is 15.6. The van der Waals surface area contributed by atoms with E-state index in [1.807, 2.05) is 24.3 Å². The van der Waals surface area contributed by atoms with Gasteiger partial charge in [0, 0.05) is 18.9 Å². The van der Waals surface area contributed by atoms with E-state index < -0.39 is 0 Å². The van der Waals surface area contributed by atoms with Crippen molar-refractivity contribution in [1.82, 2.24) is 4.98 Å². The number of nitrogens with two attached hydrogens (primary N) is 1. The van der Waals surface area contributed by atoms with Crippen LogP contribution in [0.25, 0.3) is 0 Å². The highest BCUT2D eigenvalue weighted by molar-refractivity contribution is 5.96. The number of methoxy groups -OCH3 is 1. The van der Waals surface area contributed by atoms with Crippen LogP contribution in [0.5, 0.6) is 11.5 Å². The predicted molar refractivity (Wildman–Crippen MR) is 104 cm³/mol. The van der Waals surface area contributed by atoms with Gasteiger partial charge >= 0.3 is 0 Å². The molecule has 2 fully saturated rings. The maximum Gasteiger partial charge on any atom is 0.227 e. The van der Waals surface area contributed by atoms with Crippen LogP contribution in [0, 0.1) is 0 Å². The zero-order valence-corrected chi connectivity index (χ0v) is 15.6. The van der Waals surface area contributed by atoms with E-state index >= 15 is 0 Å². The molecule has 1 saturated heterocycles. The summed E-state index contributed by atoms with van der Waals surface area (Å²) in [6.07, 6.45) is 7.00. The number of amides is 1. The second-order valence-corrected chi connectivity index (χ2v) is 7.28. The van der Waals surface area contributed by atoms with Crippen molar-refractivity contribution < 1.29 is 14.3 Å². The van der Waals surface area contributed by atoms with Gasteiger partial charge in [0.2, 0.25) is 5.91 Å². The Morgan fingerprint density at radius 3 is 2.67 bits per heavy atom. The van der Waals surface area contributed by atoms with E-state index in [1.54, 1.807) is 24.3 Å². The molecule has 1 saturated carbocycles. The Morgan fingerprint density at radius 1 is 1.15 bits per heavy atom. The largest absolute Gasteiger partial charge is 0.493 e. The van der Waals surface area contributed by atoms with Crippen LogP contribution >= 0.6 is 0 Å².